The lowest BCUT2D eigenvalue weighted by Crippen LogP contribution is -2.65. The minimum atomic E-state index is -1.55. The predicted octanol–water partition coefficient (Wildman–Crippen LogP) is 2.75. The van der Waals surface area contributed by atoms with Gasteiger partial charge in [0.1, 0.15) is 53.1 Å². The van der Waals surface area contributed by atoms with Crippen LogP contribution >= 0.6 is 12.2 Å². The number of hydrogen-bond acceptors (Lipinski definition) is 13. The van der Waals surface area contributed by atoms with Crippen molar-refractivity contribution in [3.05, 3.63) is 111 Å². The summed E-state index contributed by atoms with van der Waals surface area (Å²) in [5, 5.41) is 68.3. The molecule has 0 bridgehead atoms. The molecule has 7 rings (SSSR count). The standard InChI is InChI=1S/C33H27N3O12S/c37-14-26-28(40)29(41)27(31(47-26)45-19-6-2-16(3-7-19)36(43)44)35-32(49)34-15-1-8-21-20(11-15)30(42)48-33(21)22-9-4-17(38)12-24(22)46-25-13-18(39)5-10-23(25)33/h1-13,26-29,31,37-41H,14H2,(H2,34,35,49). The Balaban J connectivity index is 1.16. The number of nitro groups is 1. The van der Waals surface area contributed by atoms with Gasteiger partial charge in [-0.3, -0.25) is 10.1 Å². The van der Waals surface area contributed by atoms with Crippen LogP contribution in [0.5, 0.6) is 28.7 Å². The molecular formula is C33H27N3O12S. The quantitative estimate of drug-likeness (QED) is 0.0669. The molecule has 252 valence electrons. The van der Waals surface area contributed by atoms with Crippen LogP contribution in [0.25, 0.3) is 0 Å². The van der Waals surface area contributed by atoms with Gasteiger partial charge in [-0.1, -0.05) is 6.07 Å². The molecule has 0 radical (unpaired) electrons. The fraction of sp³-hybridized carbons (Fsp3) is 0.212. The van der Waals surface area contributed by atoms with Gasteiger partial charge in [-0.05, 0) is 60.7 Å². The molecule has 3 aliphatic heterocycles. The number of benzene rings is 4. The number of ether oxygens (including phenoxy) is 4. The Bertz CT molecular complexity index is 1940. The highest BCUT2D eigenvalue weighted by Gasteiger charge is 2.54. The van der Waals surface area contributed by atoms with Gasteiger partial charge in [0.25, 0.3) is 5.69 Å². The first-order valence-corrected chi connectivity index (χ1v) is 15.2. The second-order valence-corrected chi connectivity index (χ2v) is 11.9. The average molecular weight is 690 g/mol. The molecule has 1 fully saturated rings. The van der Waals surface area contributed by atoms with E-state index in [1.165, 1.54) is 54.6 Å². The number of non-ortho nitro benzene ring substituents is 1. The Morgan fingerprint density at radius 1 is 0.918 bits per heavy atom. The molecule has 1 spiro atoms. The van der Waals surface area contributed by atoms with Crippen LogP contribution < -0.4 is 20.1 Å². The normalized spacial score (nSPS) is 22.9. The second kappa shape index (κ2) is 12.2. The summed E-state index contributed by atoms with van der Waals surface area (Å²) in [5.74, 6) is -0.198. The molecule has 0 amide bonds. The van der Waals surface area contributed by atoms with Crippen molar-refractivity contribution in [2.24, 2.45) is 0 Å². The molecule has 7 N–H and O–H groups in total. The maximum atomic E-state index is 13.5. The number of phenols is 2. The highest BCUT2D eigenvalue weighted by Crippen LogP contribution is 2.57. The zero-order valence-electron chi connectivity index (χ0n) is 25.0. The molecular weight excluding hydrogens is 662 g/mol. The maximum absolute atomic E-state index is 13.5. The Labute approximate surface area is 282 Å². The van der Waals surface area contributed by atoms with Crippen LogP contribution in [0.1, 0.15) is 27.0 Å². The number of fused-ring (bicyclic) bond motifs is 6. The second-order valence-electron chi connectivity index (χ2n) is 11.5. The van der Waals surface area contributed by atoms with E-state index in [0.29, 0.717) is 22.4 Å². The number of rotatable bonds is 6. The molecule has 4 aromatic carbocycles. The zero-order chi connectivity index (χ0) is 34.6. The van der Waals surface area contributed by atoms with Gasteiger partial charge >= 0.3 is 5.97 Å². The molecule has 0 aliphatic carbocycles. The Morgan fingerprint density at radius 3 is 2.16 bits per heavy atom. The number of nitrogens with zero attached hydrogens (tertiary/aromatic N) is 1. The van der Waals surface area contributed by atoms with E-state index in [4.69, 9.17) is 31.2 Å². The summed E-state index contributed by atoms with van der Waals surface area (Å²) in [4.78, 5) is 23.9. The number of aromatic hydroxyl groups is 2. The summed E-state index contributed by atoms with van der Waals surface area (Å²) in [6.45, 7) is -0.635. The third-order valence-electron chi connectivity index (χ3n) is 8.51. The van der Waals surface area contributed by atoms with E-state index in [1.54, 1.807) is 24.3 Å². The van der Waals surface area contributed by atoms with Crippen LogP contribution in [-0.4, -0.2) is 78.8 Å². The number of carbonyl (C=O) groups is 1. The number of phenolic OH excluding ortho intramolecular Hbond substituents is 2. The van der Waals surface area contributed by atoms with Crippen LogP contribution in [0.2, 0.25) is 0 Å². The molecule has 0 aromatic heterocycles. The van der Waals surface area contributed by atoms with Crippen molar-refractivity contribution >= 4 is 34.7 Å². The molecule has 3 aliphatic rings. The van der Waals surface area contributed by atoms with Crippen LogP contribution in [0.15, 0.2) is 78.9 Å². The monoisotopic (exact) mass is 689 g/mol. The zero-order valence-corrected chi connectivity index (χ0v) is 25.9. The van der Waals surface area contributed by atoms with Crippen molar-refractivity contribution in [1.29, 1.82) is 0 Å². The molecule has 5 unspecified atom stereocenters. The van der Waals surface area contributed by atoms with E-state index < -0.39 is 53.7 Å². The summed E-state index contributed by atoms with van der Waals surface area (Å²) in [6, 6.07) is 17.6. The lowest BCUT2D eigenvalue weighted by molar-refractivity contribution is -0.384. The fourth-order valence-electron chi connectivity index (χ4n) is 6.22. The number of esters is 1. The van der Waals surface area contributed by atoms with Crippen molar-refractivity contribution in [3.63, 3.8) is 0 Å². The summed E-state index contributed by atoms with van der Waals surface area (Å²) < 4.78 is 23.6. The first-order valence-electron chi connectivity index (χ1n) is 14.8. The maximum Gasteiger partial charge on any atom is 0.340 e. The van der Waals surface area contributed by atoms with Gasteiger partial charge in [0.15, 0.2) is 10.7 Å². The number of aliphatic hydroxyl groups excluding tert-OH is 3. The van der Waals surface area contributed by atoms with Crippen molar-refractivity contribution in [2.45, 2.75) is 36.2 Å². The summed E-state index contributed by atoms with van der Waals surface area (Å²) in [7, 11) is 0. The number of thiocarbonyl (C=S) groups is 1. The van der Waals surface area contributed by atoms with Gasteiger partial charge in [0, 0.05) is 46.6 Å². The first kappa shape index (κ1) is 32.0. The Hall–Kier alpha value is -5.52. The van der Waals surface area contributed by atoms with Gasteiger partial charge in [-0.15, -0.1) is 0 Å². The lowest BCUT2D eigenvalue weighted by Gasteiger charge is -2.42. The third-order valence-corrected chi connectivity index (χ3v) is 8.73. The van der Waals surface area contributed by atoms with E-state index in [2.05, 4.69) is 10.6 Å². The van der Waals surface area contributed by atoms with Gasteiger partial charge in [0.2, 0.25) is 6.29 Å². The predicted molar refractivity (Wildman–Crippen MR) is 173 cm³/mol. The SMILES string of the molecule is O=C1OC2(c3ccc(O)cc3Oc3cc(O)ccc32)c2ccc(NC(=S)NC3C(Oc4ccc([N+](=O)[O-])cc4)OC(CO)C(O)C3O)cc21. The van der Waals surface area contributed by atoms with Crippen LogP contribution in [0.3, 0.4) is 0 Å². The van der Waals surface area contributed by atoms with Gasteiger partial charge in [0.05, 0.1) is 17.1 Å². The van der Waals surface area contributed by atoms with E-state index in [0.717, 1.165) is 0 Å². The number of nitrogens with one attached hydrogen (secondary N) is 2. The van der Waals surface area contributed by atoms with E-state index in [1.807, 2.05) is 0 Å². The molecule has 4 aromatic rings. The largest absolute Gasteiger partial charge is 0.508 e. The van der Waals surface area contributed by atoms with Crippen LogP contribution in [-0.2, 0) is 15.1 Å². The van der Waals surface area contributed by atoms with Crippen LogP contribution in [0, 0.1) is 10.1 Å². The molecule has 5 atom stereocenters. The molecule has 49 heavy (non-hydrogen) atoms. The van der Waals surface area contributed by atoms with Crippen LogP contribution in [0.4, 0.5) is 11.4 Å². The highest BCUT2D eigenvalue weighted by atomic mass is 32.1. The minimum Gasteiger partial charge on any atom is -0.508 e. The molecule has 3 heterocycles. The molecule has 15 nitrogen and oxygen atoms in total. The van der Waals surface area contributed by atoms with Crippen molar-refractivity contribution in [3.8, 4) is 28.7 Å². The van der Waals surface area contributed by atoms with E-state index >= 15 is 0 Å². The minimum absolute atomic E-state index is 0.0617. The van der Waals surface area contributed by atoms with E-state index in [-0.39, 0.29) is 45.1 Å². The molecule has 0 saturated carbocycles. The number of anilines is 1. The topological polar surface area (TPSA) is 222 Å². The fourth-order valence-corrected chi connectivity index (χ4v) is 6.47. The molecule has 1 saturated heterocycles. The third kappa shape index (κ3) is 5.50. The highest BCUT2D eigenvalue weighted by molar-refractivity contribution is 7.80. The summed E-state index contributed by atoms with van der Waals surface area (Å²) in [6.07, 6.45) is -5.60. The van der Waals surface area contributed by atoms with Crippen molar-refractivity contribution < 1.29 is 54.2 Å². The number of carbonyl (C=O) groups excluding carboxylic acids is 1. The molecule has 16 heteroatoms. The Kier molecular flexibility index (Phi) is 7.96. The first-order chi connectivity index (χ1) is 23.5. The lowest BCUT2D eigenvalue weighted by atomic mass is 9.77. The van der Waals surface area contributed by atoms with Gasteiger partial charge in [-0.2, -0.15) is 0 Å². The average Bonchev–Trinajstić information content (AvgIpc) is 3.35. The number of nitro benzene ring substituents is 1. The van der Waals surface area contributed by atoms with Gasteiger partial charge in [-0.25, -0.2) is 4.79 Å². The van der Waals surface area contributed by atoms with Gasteiger partial charge < -0.3 is 55.1 Å². The summed E-state index contributed by atoms with van der Waals surface area (Å²) >= 11 is 5.50. The van der Waals surface area contributed by atoms with E-state index in [9.17, 15) is 40.4 Å². The Morgan fingerprint density at radius 2 is 1.55 bits per heavy atom. The smallest absolute Gasteiger partial charge is 0.340 e. The summed E-state index contributed by atoms with van der Waals surface area (Å²) in [5.41, 5.74) is 0.288. The number of aliphatic hydroxyl groups is 3. The number of hydrogen-bond donors (Lipinski definition) is 7. The van der Waals surface area contributed by atoms with Crippen molar-refractivity contribution in [1.82, 2.24) is 5.32 Å². The van der Waals surface area contributed by atoms with Crippen molar-refractivity contribution in [2.75, 3.05) is 11.9 Å².